The van der Waals surface area contributed by atoms with Crippen LogP contribution >= 0.6 is 0 Å². The van der Waals surface area contributed by atoms with Gasteiger partial charge in [0.15, 0.2) is 0 Å². The molecular formula is C23H24FN3O4. The van der Waals surface area contributed by atoms with Crippen molar-refractivity contribution in [3.8, 4) is 0 Å². The summed E-state index contributed by atoms with van der Waals surface area (Å²) in [5, 5.41) is 10.9. The first-order valence-electron chi connectivity index (χ1n) is 10.3. The minimum Gasteiger partial charge on any atom is -0.507 e. The molecule has 162 valence electrons. The van der Waals surface area contributed by atoms with Gasteiger partial charge in [-0.3, -0.25) is 19.5 Å². The quantitative estimate of drug-likeness (QED) is 0.435. The van der Waals surface area contributed by atoms with Crippen LogP contribution in [0.15, 0.2) is 54.4 Å². The van der Waals surface area contributed by atoms with Gasteiger partial charge >= 0.3 is 0 Å². The van der Waals surface area contributed by atoms with Crippen LogP contribution in [0.2, 0.25) is 0 Å². The van der Waals surface area contributed by atoms with Gasteiger partial charge in [-0.25, -0.2) is 4.39 Å². The van der Waals surface area contributed by atoms with Crippen molar-refractivity contribution in [1.29, 1.82) is 0 Å². The molecule has 0 aliphatic carbocycles. The second kappa shape index (κ2) is 9.36. The van der Waals surface area contributed by atoms with Gasteiger partial charge in [0, 0.05) is 44.1 Å². The number of carbonyl (C=O) groups is 2. The summed E-state index contributed by atoms with van der Waals surface area (Å²) < 4.78 is 18.7. The van der Waals surface area contributed by atoms with E-state index in [0.29, 0.717) is 31.7 Å². The van der Waals surface area contributed by atoms with Gasteiger partial charge in [0.25, 0.3) is 11.7 Å². The number of hydrogen-bond donors (Lipinski definition) is 1. The van der Waals surface area contributed by atoms with Gasteiger partial charge in [-0.1, -0.05) is 6.07 Å². The molecule has 0 spiro atoms. The van der Waals surface area contributed by atoms with Gasteiger partial charge in [0.2, 0.25) is 0 Å². The molecule has 1 aromatic heterocycles. The average molecular weight is 425 g/mol. The van der Waals surface area contributed by atoms with Crippen molar-refractivity contribution in [2.45, 2.75) is 12.5 Å². The average Bonchev–Trinajstić information content (AvgIpc) is 3.05. The lowest BCUT2D eigenvalue weighted by Gasteiger charge is -2.29. The molecule has 1 N–H and O–H groups in total. The van der Waals surface area contributed by atoms with E-state index in [1.54, 1.807) is 24.5 Å². The van der Waals surface area contributed by atoms with E-state index in [2.05, 4.69) is 9.88 Å². The van der Waals surface area contributed by atoms with Crippen LogP contribution in [0.5, 0.6) is 0 Å². The van der Waals surface area contributed by atoms with E-state index in [1.807, 2.05) is 0 Å². The Morgan fingerprint density at radius 3 is 2.55 bits per heavy atom. The molecule has 2 fully saturated rings. The Morgan fingerprint density at radius 1 is 1.13 bits per heavy atom. The lowest BCUT2D eigenvalue weighted by atomic mass is 9.96. The molecule has 3 heterocycles. The predicted octanol–water partition coefficient (Wildman–Crippen LogP) is 2.36. The fourth-order valence-electron chi connectivity index (χ4n) is 4.05. The summed E-state index contributed by atoms with van der Waals surface area (Å²) in [5.74, 6) is -2.17. The normalized spacial score (nSPS) is 21.6. The molecule has 2 aliphatic heterocycles. The first kappa shape index (κ1) is 21.1. The Bertz CT molecular complexity index is 972. The number of hydrogen-bond acceptors (Lipinski definition) is 6. The topological polar surface area (TPSA) is 83.0 Å². The second-order valence-electron chi connectivity index (χ2n) is 7.59. The third kappa shape index (κ3) is 4.50. The maximum Gasteiger partial charge on any atom is 0.295 e. The lowest BCUT2D eigenvalue weighted by Crippen LogP contribution is -2.39. The van der Waals surface area contributed by atoms with Crippen LogP contribution < -0.4 is 0 Å². The summed E-state index contributed by atoms with van der Waals surface area (Å²) in [4.78, 5) is 33.7. The highest BCUT2D eigenvalue weighted by Gasteiger charge is 2.45. The van der Waals surface area contributed by atoms with E-state index < -0.39 is 23.5 Å². The third-order valence-corrected chi connectivity index (χ3v) is 5.63. The molecule has 2 aliphatic rings. The molecule has 31 heavy (non-hydrogen) atoms. The zero-order valence-corrected chi connectivity index (χ0v) is 17.0. The second-order valence-corrected chi connectivity index (χ2v) is 7.59. The molecule has 2 aromatic rings. The smallest absolute Gasteiger partial charge is 0.295 e. The first-order chi connectivity index (χ1) is 15.1. The van der Waals surface area contributed by atoms with Crippen LogP contribution in [0.4, 0.5) is 4.39 Å². The molecule has 1 atom stereocenters. The van der Waals surface area contributed by atoms with Gasteiger partial charge in [0.1, 0.15) is 11.6 Å². The summed E-state index contributed by atoms with van der Waals surface area (Å²) in [6.07, 6.45) is 3.87. The number of pyridine rings is 1. The lowest BCUT2D eigenvalue weighted by molar-refractivity contribution is -0.140. The fourth-order valence-corrected chi connectivity index (χ4v) is 4.05. The van der Waals surface area contributed by atoms with E-state index in [1.165, 1.54) is 29.2 Å². The summed E-state index contributed by atoms with van der Waals surface area (Å²) in [7, 11) is 0. The van der Waals surface area contributed by atoms with Crippen LogP contribution in [-0.4, -0.2) is 71.0 Å². The van der Waals surface area contributed by atoms with E-state index >= 15 is 0 Å². The number of nitrogens with zero attached hydrogens (tertiary/aromatic N) is 3. The number of carbonyl (C=O) groups excluding carboxylic acids is 2. The summed E-state index contributed by atoms with van der Waals surface area (Å²) in [5.41, 5.74) is 0.911. The Morgan fingerprint density at radius 2 is 1.87 bits per heavy atom. The highest BCUT2D eigenvalue weighted by atomic mass is 19.1. The maximum absolute atomic E-state index is 13.3. The van der Waals surface area contributed by atoms with Gasteiger partial charge in [-0.15, -0.1) is 0 Å². The van der Waals surface area contributed by atoms with Crippen LogP contribution in [0.25, 0.3) is 5.76 Å². The number of rotatable bonds is 6. The molecule has 2 saturated heterocycles. The van der Waals surface area contributed by atoms with Crippen molar-refractivity contribution in [3.05, 3.63) is 71.3 Å². The number of aliphatic hydroxyl groups excluding tert-OH is 1. The van der Waals surface area contributed by atoms with Crippen LogP contribution in [0, 0.1) is 5.82 Å². The number of benzene rings is 1. The SMILES string of the molecule is O=C1C(=O)N(CCCN2CCOCC2)[C@@H](c2cccnc2)C1=C(O)c1ccc(F)cc1. The van der Waals surface area contributed by atoms with Crippen LogP contribution in [0.1, 0.15) is 23.6 Å². The van der Waals surface area contributed by atoms with E-state index in [-0.39, 0.29) is 16.9 Å². The zero-order chi connectivity index (χ0) is 21.8. The van der Waals surface area contributed by atoms with Gasteiger partial charge in [-0.2, -0.15) is 0 Å². The Balaban J connectivity index is 1.64. The highest BCUT2D eigenvalue weighted by Crippen LogP contribution is 2.39. The zero-order valence-electron chi connectivity index (χ0n) is 17.0. The summed E-state index contributed by atoms with van der Waals surface area (Å²) in [6, 6.07) is 7.92. The molecule has 0 radical (unpaired) electrons. The van der Waals surface area contributed by atoms with E-state index in [9.17, 15) is 19.1 Å². The van der Waals surface area contributed by atoms with E-state index in [4.69, 9.17) is 4.74 Å². The van der Waals surface area contributed by atoms with Gasteiger partial charge in [-0.05, 0) is 42.3 Å². The molecule has 1 amide bonds. The number of likely N-dealkylation sites (tertiary alicyclic amines) is 1. The standard InChI is InChI=1S/C23H24FN3O4/c24-18-6-4-16(5-7-18)21(28)19-20(17-3-1-8-25-15-17)27(23(30)22(19)29)10-2-9-26-11-13-31-14-12-26/h1,3-8,15,20,28H,2,9-14H2/t20-/m0/s1. The first-order valence-corrected chi connectivity index (χ1v) is 10.3. The molecule has 0 bridgehead atoms. The van der Waals surface area contributed by atoms with Gasteiger partial charge < -0.3 is 14.7 Å². The Hall–Kier alpha value is -3.10. The molecule has 8 heteroatoms. The van der Waals surface area contributed by atoms with Crippen molar-refractivity contribution in [1.82, 2.24) is 14.8 Å². The Labute approximate surface area is 179 Å². The molecule has 7 nitrogen and oxygen atoms in total. The maximum atomic E-state index is 13.3. The fraction of sp³-hybridized carbons (Fsp3) is 0.348. The molecule has 1 aromatic carbocycles. The molecule has 0 unspecified atom stereocenters. The van der Waals surface area contributed by atoms with Crippen molar-refractivity contribution < 1.29 is 23.8 Å². The van der Waals surface area contributed by atoms with Crippen molar-refractivity contribution in [2.75, 3.05) is 39.4 Å². The minimum absolute atomic E-state index is 0.00372. The molecule has 4 rings (SSSR count). The number of Topliss-reactive ketones (excluding diaryl/α,β-unsaturated/α-hetero) is 1. The summed E-state index contributed by atoms with van der Waals surface area (Å²) in [6.45, 7) is 4.21. The number of morpholine rings is 1. The third-order valence-electron chi connectivity index (χ3n) is 5.63. The van der Waals surface area contributed by atoms with Crippen molar-refractivity contribution >= 4 is 17.4 Å². The van der Waals surface area contributed by atoms with Crippen molar-refractivity contribution in [2.24, 2.45) is 0 Å². The van der Waals surface area contributed by atoms with Gasteiger partial charge in [0.05, 0.1) is 24.8 Å². The van der Waals surface area contributed by atoms with E-state index in [0.717, 1.165) is 19.6 Å². The van der Waals surface area contributed by atoms with Crippen LogP contribution in [0.3, 0.4) is 0 Å². The number of aromatic nitrogens is 1. The number of amides is 1. The number of aliphatic hydroxyl groups is 1. The largest absolute Gasteiger partial charge is 0.507 e. The van der Waals surface area contributed by atoms with Crippen molar-refractivity contribution in [3.63, 3.8) is 0 Å². The Kier molecular flexibility index (Phi) is 6.39. The number of ether oxygens (including phenoxy) is 1. The summed E-state index contributed by atoms with van der Waals surface area (Å²) >= 11 is 0. The monoisotopic (exact) mass is 425 g/mol. The molecular weight excluding hydrogens is 401 g/mol. The minimum atomic E-state index is -0.748. The number of halogens is 1. The molecule has 0 saturated carbocycles. The number of ketones is 1. The predicted molar refractivity (Wildman–Crippen MR) is 112 cm³/mol. The highest BCUT2D eigenvalue weighted by molar-refractivity contribution is 6.46. The van der Waals surface area contributed by atoms with Crippen LogP contribution in [-0.2, 0) is 14.3 Å².